The van der Waals surface area contributed by atoms with E-state index < -0.39 is 0 Å². The summed E-state index contributed by atoms with van der Waals surface area (Å²) in [7, 11) is 4.74. The number of H-pyrrole nitrogens is 1. The lowest BCUT2D eigenvalue weighted by Gasteiger charge is -2.28. The average molecular weight is 439 g/mol. The van der Waals surface area contributed by atoms with Gasteiger partial charge in [0.2, 0.25) is 0 Å². The minimum atomic E-state index is -0.00149. The van der Waals surface area contributed by atoms with E-state index in [1.54, 1.807) is 13.3 Å². The average Bonchev–Trinajstić information content (AvgIpc) is 3.49. The quantitative estimate of drug-likeness (QED) is 0.575. The zero-order valence-electron chi connectivity index (χ0n) is 19.5. The molecule has 2 aliphatic rings. The van der Waals surface area contributed by atoms with Gasteiger partial charge in [-0.3, -0.25) is 10.4 Å². The van der Waals surface area contributed by atoms with E-state index in [0.29, 0.717) is 6.61 Å². The molecule has 32 heavy (non-hydrogen) atoms. The Morgan fingerprint density at radius 2 is 2.09 bits per heavy atom. The summed E-state index contributed by atoms with van der Waals surface area (Å²) in [6, 6.07) is 4.00. The number of hydrogen-bond donors (Lipinski definition) is 3. The number of aliphatic hydroxyl groups excluding tert-OH is 1. The van der Waals surface area contributed by atoms with Crippen LogP contribution in [0.25, 0.3) is 5.57 Å². The van der Waals surface area contributed by atoms with Crippen molar-refractivity contribution in [3.63, 3.8) is 0 Å². The number of aliphatic hydroxyl groups is 1. The topological polar surface area (TPSA) is 98.7 Å². The van der Waals surface area contributed by atoms with Crippen LogP contribution in [0.3, 0.4) is 0 Å². The Morgan fingerprint density at radius 3 is 2.75 bits per heavy atom. The van der Waals surface area contributed by atoms with Crippen LogP contribution in [0, 0.1) is 5.92 Å². The summed E-state index contributed by atoms with van der Waals surface area (Å²) < 4.78 is 5.24. The molecule has 0 spiro atoms. The van der Waals surface area contributed by atoms with Crippen molar-refractivity contribution < 1.29 is 9.84 Å². The predicted octanol–water partition coefficient (Wildman–Crippen LogP) is 2.98. The monoisotopic (exact) mass is 438 g/mol. The smallest absolute Gasteiger partial charge is 0.158 e. The number of imidazole rings is 1. The summed E-state index contributed by atoms with van der Waals surface area (Å²) in [5, 5.41) is 11.5. The lowest BCUT2D eigenvalue weighted by Crippen LogP contribution is -2.38. The number of ether oxygens (including phenoxy) is 1. The molecule has 0 bridgehead atoms. The SMILES string of the molecule is C=CC(COC)Cc1cnc(C2=NNC3C2=CC(c2cccnc2)=CN3C)[nH]1.CC.CO. The second-order valence-corrected chi connectivity index (χ2v) is 7.00. The van der Waals surface area contributed by atoms with Gasteiger partial charge < -0.3 is 19.7 Å². The molecule has 8 heteroatoms. The normalized spacial score (nSPS) is 17.2. The van der Waals surface area contributed by atoms with E-state index in [1.807, 2.05) is 45.4 Å². The van der Waals surface area contributed by atoms with Gasteiger partial charge in [-0.2, -0.15) is 5.10 Å². The Bertz CT molecular complexity index is 948. The van der Waals surface area contributed by atoms with E-state index in [0.717, 1.165) is 47.5 Å². The van der Waals surface area contributed by atoms with E-state index in [2.05, 4.69) is 55.3 Å². The van der Waals surface area contributed by atoms with E-state index >= 15 is 0 Å². The zero-order valence-corrected chi connectivity index (χ0v) is 19.5. The molecule has 0 aromatic carbocycles. The first-order valence-corrected chi connectivity index (χ1v) is 10.7. The molecule has 0 radical (unpaired) electrons. The van der Waals surface area contributed by atoms with Crippen LogP contribution in [0.2, 0.25) is 0 Å². The molecule has 2 atom stereocenters. The van der Waals surface area contributed by atoms with Gasteiger partial charge in [-0.15, -0.1) is 6.58 Å². The molecule has 0 aliphatic carbocycles. The molecular formula is C24H34N6O2. The Kier molecular flexibility index (Phi) is 9.84. The van der Waals surface area contributed by atoms with Crippen LogP contribution in [-0.2, 0) is 11.2 Å². The minimum absolute atomic E-state index is 0.00149. The van der Waals surface area contributed by atoms with Crippen molar-refractivity contribution in [3.8, 4) is 0 Å². The minimum Gasteiger partial charge on any atom is -0.400 e. The molecule has 0 amide bonds. The highest BCUT2D eigenvalue weighted by molar-refractivity contribution is 6.13. The highest BCUT2D eigenvalue weighted by atomic mass is 16.5. The maximum absolute atomic E-state index is 7.00. The van der Waals surface area contributed by atoms with Crippen molar-refractivity contribution in [2.75, 3.05) is 27.9 Å². The predicted molar refractivity (Wildman–Crippen MR) is 129 cm³/mol. The number of aromatic amines is 1. The van der Waals surface area contributed by atoms with E-state index in [1.165, 1.54) is 0 Å². The maximum atomic E-state index is 7.00. The molecular weight excluding hydrogens is 404 g/mol. The number of hydrogen-bond acceptors (Lipinski definition) is 7. The van der Waals surface area contributed by atoms with Gasteiger partial charge in [0, 0.05) is 68.8 Å². The molecule has 8 nitrogen and oxygen atoms in total. The molecule has 3 N–H and O–H groups in total. The first kappa shape index (κ1) is 25.0. The highest BCUT2D eigenvalue weighted by Gasteiger charge is 2.32. The van der Waals surface area contributed by atoms with Crippen molar-refractivity contribution in [1.29, 1.82) is 0 Å². The number of methoxy groups -OCH3 is 1. The van der Waals surface area contributed by atoms with E-state index in [4.69, 9.17) is 9.84 Å². The standard InChI is InChI=1S/C21H24N6O.C2H6.CH4O/c1-4-14(13-28-3)8-17-11-23-20(24-17)19-18-9-16(15-6-5-7-22-10-15)12-27(2)21(18)26-25-19;2*1-2/h4-7,9-12,14,21,26H,1,8,13H2,2-3H3,(H,23,24);1-2H3;2H,1H3. The Balaban J connectivity index is 0.000000860. The molecule has 2 unspecified atom stereocenters. The third-order valence-corrected chi connectivity index (χ3v) is 4.97. The molecule has 0 saturated heterocycles. The van der Waals surface area contributed by atoms with Crippen LogP contribution < -0.4 is 5.43 Å². The van der Waals surface area contributed by atoms with E-state index in [-0.39, 0.29) is 12.1 Å². The third-order valence-electron chi connectivity index (χ3n) is 4.97. The van der Waals surface area contributed by atoms with Gasteiger partial charge in [-0.05, 0) is 24.1 Å². The highest BCUT2D eigenvalue weighted by Crippen LogP contribution is 2.29. The van der Waals surface area contributed by atoms with Gasteiger partial charge in [-0.25, -0.2) is 4.98 Å². The van der Waals surface area contributed by atoms with Gasteiger partial charge in [0.1, 0.15) is 11.9 Å². The fraction of sp³-hybridized carbons (Fsp3) is 0.375. The van der Waals surface area contributed by atoms with Crippen LogP contribution in [0.15, 0.2) is 66.3 Å². The van der Waals surface area contributed by atoms with Gasteiger partial charge in [0.05, 0.1) is 6.61 Å². The Morgan fingerprint density at radius 1 is 1.31 bits per heavy atom. The largest absolute Gasteiger partial charge is 0.400 e. The molecule has 4 heterocycles. The number of pyridine rings is 1. The van der Waals surface area contributed by atoms with Crippen LogP contribution in [0.4, 0.5) is 0 Å². The Labute approximate surface area is 190 Å². The van der Waals surface area contributed by atoms with Crippen molar-refractivity contribution in [1.82, 2.24) is 25.3 Å². The van der Waals surface area contributed by atoms with Crippen molar-refractivity contribution in [2.45, 2.75) is 26.4 Å². The van der Waals surface area contributed by atoms with Gasteiger partial charge in [0.25, 0.3) is 0 Å². The second kappa shape index (κ2) is 12.6. The summed E-state index contributed by atoms with van der Waals surface area (Å²) >= 11 is 0. The molecule has 4 rings (SSSR count). The number of allylic oxidation sites excluding steroid dienone is 2. The first-order chi connectivity index (χ1) is 15.7. The van der Waals surface area contributed by atoms with Crippen LogP contribution in [0.1, 0.15) is 30.9 Å². The van der Waals surface area contributed by atoms with Crippen LogP contribution in [-0.4, -0.2) is 64.7 Å². The number of likely N-dealkylation sites (N-methyl/N-ethyl adjacent to an activating group) is 1. The van der Waals surface area contributed by atoms with Crippen molar-refractivity contribution in [2.24, 2.45) is 11.0 Å². The molecule has 0 saturated carbocycles. The Hall–Kier alpha value is -3.23. The zero-order chi connectivity index (χ0) is 23.5. The number of aromatic nitrogens is 3. The van der Waals surface area contributed by atoms with Crippen molar-refractivity contribution in [3.05, 3.63) is 78.3 Å². The molecule has 2 aromatic rings. The molecule has 172 valence electrons. The molecule has 2 aliphatic heterocycles. The lowest BCUT2D eigenvalue weighted by molar-refractivity contribution is 0.169. The fourth-order valence-electron chi connectivity index (χ4n) is 3.52. The number of nitrogens with one attached hydrogen (secondary N) is 2. The number of hydrazone groups is 1. The number of fused-ring (bicyclic) bond motifs is 1. The van der Waals surface area contributed by atoms with Gasteiger partial charge >= 0.3 is 0 Å². The van der Waals surface area contributed by atoms with Crippen LogP contribution >= 0.6 is 0 Å². The molecule has 2 aromatic heterocycles. The molecule has 0 fully saturated rings. The lowest BCUT2D eigenvalue weighted by atomic mass is 9.97. The summed E-state index contributed by atoms with van der Waals surface area (Å²) in [5.74, 6) is 1.01. The summed E-state index contributed by atoms with van der Waals surface area (Å²) in [6.45, 7) is 8.52. The number of nitrogens with zero attached hydrogens (tertiary/aromatic N) is 4. The van der Waals surface area contributed by atoms with Crippen LogP contribution in [0.5, 0.6) is 0 Å². The fourth-order valence-corrected chi connectivity index (χ4v) is 3.52. The third kappa shape index (κ3) is 5.72. The summed E-state index contributed by atoms with van der Waals surface area (Å²) in [4.78, 5) is 14.3. The second-order valence-electron chi connectivity index (χ2n) is 7.00. The van der Waals surface area contributed by atoms with E-state index in [9.17, 15) is 0 Å². The number of rotatable bonds is 7. The first-order valence-electron chi connectivity index (χ1n) is 10.7. The van der Waals surface area contributed by atoms with Gasteiger partial charge in [-0.1, -0.05) is 26.0 Å². The summed E-state index contributed by atoms with van der Waals surface area (Å²) in [5.41, 5.74) is 8.32. The summed E-state index contributed by atoms with van der Waals surface area (Å²) in [6.07, 6.45) is 12.5. The van der Waals surface area contributed by atoms with Gasteiger partial charge in [0.15, 0.2) is 5.82 Å². The maximum Gasteiger partial charge on any atom is 0.158 e. The van der Waals surface area contributed by atoms with Crippen molar-refractivity contribution >= 4 is 11.3 Å².